The van der Waals surface area contributed by atoms with Gasteiger partial charge in [-0.2, -0.15) is 0 Å². The van der Waals surface area contributed by atoms with Crippen molar-refractivity contribution in [3.8, 4) is 0 Å². The molecule has 1 rings (SSSR count). The van der Waals surface area contributed by atoms with Gasteiger partial charge in [-0.25, -0.2) is 0 Å². The summed E-state index contributed by atoms with van der Waals surface area (Å²) >= 11 is 0. The number of amides is 1. The molecule has 19 heavy (non-hydrogen) atoms. The van der Waals surface area contributed by atoms with Crippen LogP contribution in [0.1, 0.15) is 12.5 Å². The smallest absolute Gasteiger partial charge is 0.309 e. The molecule has 1 unspecified atom stereocenters. The maximum atomic E-state index is 11.7. The number of nitrogens with one attached hydrogen (secondary N) is 1. The van der Waals surface area contributed by atoms with Gasteiger partial charge >= 0.3 is 5.97 Å². The fraction of sp³-hybridized carbons (Fsp3) is 0.385. The molecule has 0 aliphatic carbocycles. The van der Waals surface area contributed by atoms with E-state index in [2.05, 4.69) is 10.1 Å². The summed E-state index contributed by atoms with van der Waals surface area (Å²) in [6.45, 7) is 2.06. The number of halogens is 1. The molecule has 0 radical (unpaired) electrons. The summed E-state index contributed by atoms with van der Waals surface area (Å²) in [5.74, 6) is -0.684. The molecule has 5 nitrogen and oxygen atoms in total. The molecule has 0 spiro atoms. The maximum absolute atomic E-state index is 11.7. The van der Waals surface area contributed by atoms with Crippen molar-refractivity contribution >= 4 is 30.0 Å². The molecule has 0 heterocycles. The van der Waals surface area contributed by atoms with Gasteiger partial charge in [-0.3, -0.25) is 9.59 Å². The van der Waals surface area contributed by atoms with E-state index in [9.17, 15) is 9.59 Å². The Kier molecular flexibility index (Phi) is 7.79. The summed E-state index contributed by atoms with van der Waals surface area (Å²) < 4.78 is 4.59. The van der Waals surface area contributed by atoms with Crippen LogP contribution in [0.25, 0.3) is 0 Å². The van der Waals surface area contributed by atoms with Gasteiger partial charge in [0, 0.05) is 18.2 Å². The molecule has 106 valence electrons. The second-order valence-corrected chi connectivity index (χ2v) is 4.08. The van der Waals surface area contributed by atoms with Crippen molar-refractivity contribution in [2.45, 2.75) is 13.3 Å². The highest BCUT2D eigenvalue weighted by Gasteiger charge is 2.11. The van der Waals surface area contributed by atoms with E-state index in [-0.39, 0.29) is 36.6 Å². The first kappa shape index (κ1) is 17.4. The first-order chi connectivity index (χ1) is 8.56. The molecule has 0 aliphatic rings. The van der Waals surface area contributed by atoms with Crippen LogP contribution in [0.2, 0.25) is 0 Å². The summed E-state index contributed by atoms with van der Waals surface area (Å²) in [5.41, 5.74) is 6.86. The van der Waals surface area contributed by atoms with E-state index < -0.39 is 0 Å². The fourth-order valence-electron chi connectivity index (χ4n) is 1.37. The molecule has 0 saturated carbocycles. The molecule has 3 N–H and O–H groups in total. The van der Waals surface area contributed by atoms with Crippen molar-refractivity contribution in [1.82, 2.24) is 0 Å². The van der Waals surface area contributed by atoms with Gasteiger partial charge in [0.25, 0.3) is 0 Å². The van der Waals surface area contributed by atoms with Crippen LogP contribution in [0, 0.1) is 5.92 Å². The highest BCUT2D eigenvalue weighted by molar-refractivity contribution is 5.92. The van der Waals surface area contributed by atoms with Gasteiger partial charge in [0.05, 0.1) is 13.5 Å². The number of hydrogen-bond acceptors (Lipinski definition) is 4. The van der Waals surface area contributed by atoms with Crippen LogP contribution < -0.4 is 11.1 Å². The second kappa shape index (κ2) is 8.50. The van der Waals surface area contributed by atoms with Crippen LogP contribution in [0.5, 0.6) is 0 Å². The lowest BCUT2D eigenvalue weighted by Crippen LogP contribution is -2.26. The van der Waals surface area contributed by atoms with Crippen molar-refractivity contribution in [3.05, 3.63) is 29.8 Å². The van der Waals surface area contributed by atoms with E-state index in [0.717, 1.165) is 5.56 Å². The van der Waals surface area contributed by atoms with Crippen LogP contribution in [0.3, 0.4) is 0 Å². The number of anilines is 1. The Morgan fingerprint density at radius 1 is 1.42 bits per heavy atom. The Hall–Kier alpha value is -1.59. The van der Waals surface area contributed by atoms with E-state index in [4.69, 9.17) is 5.73 Å². The normalized spacial score (nSPS) is 11.1. The predicted molar refractivity (Wildman–Crippen MR) is 76.3 cm³/mol. The Morgan fingerprint density at radius 2 is 2.11 bits per heavy atom. The quantitative estimate of drug-likeness (QED) is 0.801. The highest BCUT2D eigenvalue weighted by atomic mass is 35.5. The summed E-state index contributed by atoms with van der Waals surface area (Å²) in [5, 5.41) is 2.75. The molecule has 1 atom stereocenters. The fourth-order valence-corrected chi connectivity index (χ4v) is 1.37. The Morgan fingerprint density at radius 3 is 2.68 bits per heavy atom. The monoisotopic (exact) mass is 286 g/mol. The largest absolute Gasteiger partial charge is 0.469 e. The van der Waals surface area contributed by atoms with Crippen molar-refractivity contribution in [2.24, 2.45) is 11.7 Å². The molecule has 1 aromatic carbocycles. The van der Waals surface area contributed by atoms with Crippen LogP contribution in [0.15, 0.2) is 24.3 Å². The number of esters is 1. The van der Waals surface area contributed by atoms with Gasteiger partial charge in [-0.15, -0.1) is 12.4 Å². The van der Waals surface area contributed by atoms with Crippen LogP contribution >= 0.6 is 12.4 Å². The third kappa shape index (κ3) is 5.72. The first-order valence-electron chi connectivity index (χ1n) is 5.73. The topological polar surface area (TPSA) is 81.4 Å². The van der Waals surface area contributed by atoms with Crippen LogP contribution in [-0.2, 0) is 20.7 Å². The summed E-state index contributed by atoms with van der Waals surface area (Å²) in [6, 6.07) is 7.10. The lowest BCUT2D eigenvalue weighted by Gasteiger charge is -2.10. The Bertz CT molecular complexity index is 438. The van der Waals surface area contributed by atoms with Gasteiger partial charge < -0.3 is 15.8 Å². The van der Waals surface area contributed by atoms with Crippen LogP contribution in [0.4, 0.5) is 5.69 Å². The van der Waals surface area contributed by atoms with Gasteiger partial charge in [-0.05, 0) is 17.7 Å². The lowest BCUT2D eigenvalue weighted by molar-refractivity contribution is -0.139. The predicted octanol–water partition coefficient (Wildman–Crippen LogP) is 1.36. The number of methoxy groups -OCH3 is 1. The molecule has 0 aliphatic heterocycles. The molecule has 0 bridgehead atoms. The number of carbonyl (C=O) groups is 2. The van der Waals surface area contributed by atoms with E-state index in [1.165, 1.54) is 7.11 Å². The minimum atomic E-state index is -0.311. The molecular formula is C13H19ClN2O3. The van der Waals surface area contributed by atoms with Crippen molar-refractivity contribution in [1.29, 1.82) is 0 Å². The molecular weight excluding hydrogens is 268 g/mol. The maximum Gasteiger partial charge on any atom is 0.309 e. The Balaban J connectivity index is 0.00000324. The number of hydrogen-bond donors (Lipinski definition) is 2. The number of ether oxygens (including phenoxy) is 1. The van der Waals surface area contributed by atoms with Gasteiger partial charge in [0.15, 0.2) is 0 Å². The number of carbonyl (C=O) groups excluding carboxylic acids is 2. The average molecular weight is 287 g/mol. The van der Waals surface area contributed by atoms with Crippen molar-refractivity contribution in [3.63, 3.8) is 0 Å². The second-order valence-electron chi connectivity index (χ2n) is 4.08. The van der Waals surface area contributed by atoms with Crippen molar-refractivity contribution in [2.75, 3.05) is 19.0 Å². The minimum Gasteiger partial charge on any atom is -0.469 e. The third-order valence-electron chi connectivity index (χ3n) is 2.57. The highest BCUT2D eigenvalue weighted by Crippen LogP contribution is 2.12. The molecule has 1 amide bonds. The van der Waals surface area contributed by atoms with E-state index in [1.807, 2.05) is 0 Å². The number of nitrogens with two attached hydrogens (primary N) is 1. The SMILES string of the molecule is COC(=O)Cc1cccc(NC(=O)C(C)CN)c1.Cl. The van der Waals surface area contributed by atoms with Gasteiger partial charge in [0.1, 0.15) is 0 Å². The number of rotatable bonds is 5. The van der Waals surface area contributed by atoms with Crippen molar-refractivity contribution < 1.29 is 14.3 Å². The summed E-state index contributed by atoms with van der Waals surface area (Å²) in [6.07, 6.45) is 0.187. The Labute approximate surface area is 118 Å². The van der Waals surface area contributed by atoms with Gasteiger partial charge in [-0.1, -0.05) is 19.1 Å². The zero-order valence-electron chi connectivity index (χ0n) is 11.0. The van der Waals surface area contributed by atoms with E-state index in [1.54, 1.807) is 31.2 Å². The zero-order valence-corrected chi connectivity index (χ0v) is 11.8. The molecule has 0 saturated heterocycles. The van der Waals surface area contributed by atoms with Gasteiger partial charge in [0.2, 0.25) is 5.91 Å². The summed E-state index contributed by atoms with van der Waals surface area (Å²) in [7, 11) is 1.34. The third-order valence-corrected chi connectivity index (χ3v) is 2.57. The molecule has 6 heteroatoms. The van der Waals surface area contributed by atoms with Crippen LogP contribution in [-0.4, -0.2) is 25.5 Å². The molecule has 0 fully saturated rings. The van der Waals surface area contributed by atoms with E-state index >= 15 is 0 Å². The summed E-state index contributed by atoms with van der Waals surface area (Å²) in [4.78, 5) is 22.8. The number of benzene rings is 1. The standard InChI is InChI=1S/C13H18N2O3.ClH/c1-9(8-14)13(17)15-11-5-3-4-10(6-11)7-12(16)18-2;/h3-6,9H,7-8,14H2,1-2H3,(H,15,17);1H. The minimum absolute atomic E-state index is 0. The van der Waals surface area contributed by atoms with E-state index in [0.29, 0.717) is 12.2 Å². The lowest BCUT2D eigenvalue weighted by atomic mass is 10.1. The average Bonchev–Trinajstić information content (AvgIpc) is 2.37. The first-order valence-corrected chi connectivity index (χ1v) is 5.73. The molecule has 0 aromatic heterocycles. The molecule has 1 aromatic rings. The zero-order chi connectivity index (χ0) is 13.5.